The highest BCUT2D eigenvalue weighted by atomic mass is 19.3. The predicted octanol–water partition coefficient (Wildman–Crippen LogP) is 2.22. The predicted molar refractivity (Wildman–Crippen MR) is 60.7 cm³/mol. The minimum atomic E-state index is -2.57. The molecule has 3 rings (SSSR count). The Kier molecular flexibility index (Phi) is 2.66. The molecule has 2 fully saturated rings. The summed E-state index contributed by atoms with van der Waals surface area (Å²) in [5.74, 6) is -1.78. The van der Waals surface area contributed by atoms with Gasteiger partial charge >= 0.3 is 0 Å². The Bertz CT molecular complexity index is 440. The third-order valence-corrected chi connectivity index (χ3v) is 4.10. The van der Waals surface area contributed by atoms with Crippen molar-refractivity contribution in [1.29, 1.82) is 0 Å². The molecule has 2 atom stereocenters. The van der Waals surface area contributed by atoms with Gasteiger partial charge < -0.3 is 9.84 Å². The van der Waals surface area contributed by atoms with Crippen molar-refractivity contribution in [3.05, 3.63) is 11.7 Å². The first-order chi connectivity index (χ1) is 8.49. The van der Waals surface area contributed by atoms with Crippen LogP contribution >= 0.6 is 0 Å². The molecule has 1 N–H and O–H groups in total. The topological polar surface area (TPSA) is 51.0 Å². The first kappa shape index (κ1) is 12.0. The van der Waals surface area contributed by atoms with Crippen LogP contribution in [0.1, 0.15) is 50.2 Å². The summed E-state index contributed by atoms with van der Waals surface area (Å²) in [7, 11) is 0. The molecule has 18 heavy (non-hydrogen) atoms. The van der Waals surface area contributed by atoms with Crippen molar-refractivity contribution in [2.24, 2.45) is 0 Å². The van der Waals surface area contributed by atoms with E-state index in [4.69, 9.17) is 4.52 Å². The highest BCUT2D eigenvalue weighted by Gasteiger charge is 2.43. The summed E-state index contributed by atoms with van der Waals surface area (Å²) >= 11 is 0. The first-order valence-corrected chi connectivity index (χ1v) is 6.41. The van der Waals surface area contributed by atoms with Crippen LogP contribution in [0.25, 0.3) is 0 Å². The lowest BCUT2D eigenvalue weighted by molar-refractivity contribution is 0.00749. The molecule has 1 aromatic heterocycles. The summed E-state index contributed by atoms with van der Waals surface area (Å²) in [6, 6.07) is 0. The van der Waals surface area contributed by atoms with Gasteiger partial charge in [-0.3, -0.25) is 0 Å². The zero-order valence-corrected chi connectivity index (χ0v) is 10.4. The van der Waals surface area contributed by atoms with Crippen LogP contribution in [0, 0.1) is 0 Å². The zero-order chi connectivity index (χ0) is 12.8. The molecule has 2 unspecified atom stereocenters. The van der Waals surface area contributed by atoms with Crippen LogP contribution in [0.4, 0.5) is 8.78 Å². The summed E-state index contributed by atoms with van der Waals surface area (Å²) in [6.45, 7) is 3.79. The third kappa shape index (κ3) is 2.02. The van der Waals surface area contributed by atoms with Gasteiger partial charge in [0, 0.05) is 25.3 Å². The van der Waals surface area contributed by atoms with Crippen LogP contribution in [-0.2, 0) is 5.41 Å². The highest BCUT2D eigenvalue weighted by Crippen LogP contribution is 2.43. The SMILES string of the molecule is CC1(c2nc(C3CCC(F)(F)C3)no2)CCNC1. The molecule has 6 heteroatoms. The van der Waals surface area contributed by atoms with Crippen molar-refractivity contribution in [3.63, 3.8) is 0 Å². The minimum absolute atomic E-state index is 0.0691. The van der Waals surface area contributed by atoms with Crippen molar-refractivity contribution in [3.8, 4) is 0 Å². The molecular weight excluding hydrogens is 240 g/mol. The van der Waals surface area contributed by atoms with Crippen molar-refractivity contribution < 1.29 is 13.3 Å². The number of nitrogens with one attached hydrogen (secondary N) is 1. The number of alkyl halides is 2. The molecule has 1 aromatic rings. The molecular formula is C12H17F2N3O. The van der Waals surface area contributed by atoms with E-state index in [1.807, 2.05) is 0 Å². The lowest BCUT2D eigenvalue weighted by Gasteiger charge is -2.16. The molecule has 1 aliphatic heterocycles. The average molecular weight is 257 g/mol. The van der Waals surface area contributed by atoms with E-state index in [0.717, 1.165) is 19.5 Å². The number of halogens is 2. The third-order valence-electron chi connectivity index (χ3n) is 4.10. The monoisotopic (exact) mass is 257 g/mol. The molecule has 0 spiro atoms. The molecule has 100 valence electrons. The Labute approximate surface area is 104 Å². The molecule has 2 aliphatic rings. The maximum atomic E-state index is 13.2. The maximum absolute atomic E-state index is 13.2. The number of nitrogens with zero attached hydrogens (tertiary/aromatic N) is 2. The lowest BCUT2D eigenvalue weighted by Crippen LogP contribution is -2.25. The standard InChI is InChI=1S/C12H17F2N3O/c1-11(4-5-15-7-11)10-16-9(17-18-10)8-2-3-12(13,14)6-8/h8,15H,2-7H2,1H3. The van der Waals surface area contributed by atoms with Crippen LogP contribution in [0.3, 0.4) is 0 Å². The Hall–Kier alpha value is -1.04. The molecule has 0 aromatic carbocycles. The number of hydrogen-bond donors (Lipinski definition) is 1. The lowest BCUT2D eigenvalue weighted by atomic mass is 9.90. The Morgan fingerprint density at radius 1 is 1.39 bits per heavy atom. The summed E-state index contributed by atoms with van der Waals surface area (Å²) in [6.07, 6.45) is 1.16. The fourth-order valence-corrected chi connectivity index (χ4v) is 2.82. The summed E-state index contributed by atoms with van der Waals surface area (Å²) in [5.41, 5.74) is -0.146. The van der Waals surface area contributed by atoms with Crippen molar-refractivity contribution >= 4 is 0 Å². The van der Waals surface area contributed by atoms with Crippen molar-refractivity contribution in [2.75, 3.05) is 13.1 Å². The minimum Gasteiger partial charge on any atom is -0.339 e. The van der Waals surface area contributed by atoms with Gasteiger partial charge in [-0.1, -0.05) is 5.16 Å². The van der Waals surface area contributed by atoms with Gasteiger partial charge in [-0.25, -0.2) is 8.78 Å². The second kappa shape index (κ2) is 3.98. The Morgan fingerprint density at radius 3 is 2.83 bits per heavy atom. The molecule has 1 aliphatic carbocycles. The molecule has 0 radical (unpaired) electrons. The molecule has 4 nitrogen and oxygen atoms in total. The molecule has 2 heterocycles. The first-order valence-electron chi connectivity index (χ1n) is 6.41. The van der Waals surface area contributed by atoms with E-state index in [0.29, 0.717) is 18.1 Å². The summed E-state index contributed by atoms with van der Waals surface area (Å²) < 4.78 is 31.6. The van der Waals surface area contributed by atoms with Gasteiger partial charge in [-0.2, -0.15) is 4.98 Å². The fraction of sp³-hybridized carbons (Fsp3) is 0.833. The Balaban J connectivity index is 1.78. The van der Waals surface area contributed by atoms with Crippen LogP contribution in [0.2, 0.25) is 0 Å². The summed E-state index contributed by atoms with van der Waals surface area (Å²) in [5, 5.41) is 7.16. The second-order valence-electron chi connectivity index (χ2n) is 5.74. The van der Waals surface area contributed by atoms with Crippen molar-refractivity contribution in [2.45, 2.75) is 49.9 Å². The van der Waals surface area contributed by atoms with Gasteiger partial charge in [0.25, 0.3) is 0 Å². The van der Waals surface area contributed by atoms with Gasteiger partial charge in [0.1, 0.15) is 0 Å². The second-order valence-corrected chi connectivity index (χ2v) is 5.74. The van der Waals surface area contributed by atoms with Gasteiger partial charge in [0.15, 0.2) is 5.82 Å². The number of aromatic nitrogens is 2. The van der Waals surface area contributed by atoms with E-state index in [1.54, 1.807) is 0 Å². The van der Waals surface area contributed by atoms with Crippen LogP contribution in [0.15, 0.2) is 4.52 Å². The zero-order valence-electron chi connectivity index (χ0n) is 10.4. The average Bonchev–Trinajstić information content (AvgIpc) is 2.97. The van der Waals surface area contributed by atoms with Gasteiger partial charge in [-0.05, 0) is 26.3 Å². The molecule has 1 saturated heterocycles. The molecule has 0 amide bonds. The van der Waals surface area contributed by atoms with Gasteiger partial charge in [-0.15, -0.1) is 0 Å². The Morgan fingerprint density at radius 2 is 2.22 bits per heavy atom. The van der Waals surface area contributed by atoms with E-state index >= 15 is 0 Å². The van der Waals surface area contributed by atoms with Crippen LogP contribution < -0.4 is 5.32 Å². The van der Waals surface area contributed by atoms with Gasteiger partial charge in [0.05, 0.1) is 5.41 Å². The van der Waals surface area contributed by atoms with E-state index in [2.05, 4.69) is 22.4 Å². The summed E-state index contributed by atoms with van der Waals surface area (Å²) in [4.78, 5) is 4.36. The van der Waals surface area contributed by atoms with Crippen LogP contribution in [-0.4, -0.2) is 29.2 Å². The number of rotatable bonds is 2. The fourth-order valence-electron chi connectivity index (χ4n) is 2.82. The van der Waals surface area contributed by atoms with E-state index in [1.165, 1.54) is 0 Å². The quantitative estimate of drug-likeness (QED) is 0.882. The van der Waals surface area contributed by atoms with Gasteiger partial charge in [0.2, 0.25) is 11.8 Å². The van der Waals surface area contributed by atoms with E-state index < -0.39 is 5.92 Å². The number of hydrogen-bond acceptors (Lipinski definition) is 4. The smallest absolute Gasteiger partial charge is 0.248 e. The normalized spacial score (nSPS) is 35.2. The van der Waals surface area contributed by atoms with E-state index in [-0.39, 0.29) is 24.2 Å². The molecule has 1 saturated carbocycles. The van der Waals surface area contributed by atoms with E-state index in [9.17, 15) is 8.78 Å². The maximum Gasteiger partial charge on any atom is 0.248 e. The highest BCUT2D eigenvalue weighted by molar-refractivity contribution is 5.10. The largest absolute Gasteiger partial charge is 0.339 e. The van der Waals surface area contributed by atoms with Crippen LogP contribution in [0.5, 0.6) is 0 Å². The van der Waals surface area contributed by atoms with Crippen molar-refractivity contribution in [1.82, 2.24) is 15.5 Å². The molecule has 0 bridgehead atoms.